The largest absolute Gasteiger partial charge is 0.462 e. The van der Waals surface area contributed by atoms with E-state index in [0.717, 1.165) is 4.90 Å². The number of para-hydroxylation sites is 1. The van der Waals surface area contributed by atoms with E-state index >= 15 is 0 Å². The van der Waals surface area contributed by atoms with Crippen molar-refractivity contribution in [3.63, 3.8) is 0 Å². The molecule has 1 aromatic heterocycles. The molecule has 0 aliphatic carbocycles. The minimum Gasteiger partial charge on any atom is -0.462 e. The lowest BCUT2D eigenvalue weighted by molar-refractivity contribution is 0.0525. The first-order valence-electron chi connectivity index (χ1n) is 10.7. The van der Waals surface area contributed by atoms with Gasteiger partial charge < -0.3 is 4.74 Å². The Morgan fingerprint density at radius 3 is 2.12 bits per heavy atom. The summed E-state index contributed by atoms with van der Waals surface area (Å²) in [6, 6.07) is 19.8. The summed E-state index contributed by atoms with van der Waals surface area (Å²) >= 11 is 0. The summed E-state index contributed by atoms with van der Waals surface area (Å²) in [5.74, 6) is -1.12. The van der Waals surface area contributed by atoms with Crippen LogP contribution in [0, 0.1) is 0 Å². The van der Waals surface area contributed by atoms with Gasteiger partial charge in [-0.05, 0) is 55.5 Å². The lowest BCUT2D eigenvalue weighted by atomic mass is 10.1. The summed E-state index contributed by atoms with van der Waals surface area (Å²) in [6.07, 6.45) is 0. The highest BCUT2D eigenvalue weighted by Crippen LogP contribution is 2.25. The Morgan fingerprint density at radius 2 is 1.47 bits per heavy atom. The van der Waals surface area contributed by atoms with Gasteiger partial charge in [0.1, 0.15) is 5.82 Å². The molecule has 1 aliphatic rings. The Morgan fingerprint density at radius 1 is 0.853 bits per heavy atom. The second-order valence-corrected chi connectivity index (χ2v) is 7.70. The molecule has 0 unspecified atom stereocenters. The van der Waals surface area contributed by atoms with Gasteiger partial charge in [-0.25, -0.2) is 9.78 Å². The van der Waals surface area contributed by atoms with E-state index in [0.29, 0.717) is 33.3 Å². The van der Waals surface area contributed by atoms with Gasteiger partial charge in [0, 0.05) is 0 Å². The van der Waals surface area contributed by atoms with Gasteiger partial charge in [-0.2, -0.15) is 0 Å². The molecule has 0 N–H and O–H groups in total. The van der Waals surface area contributed by atoms with Crippen molar-refractivity contribution in [1.29, 1.82) is 0 Å². The summed E-state index contributed by atoms with van der Waals surface area (Å²) in [4.78, 5) is 57.1. The fourth-order valence-electron chi connectivity index (χ4n) is 4.04. The maximum atomic E-state index is 13.5. The molecule has 0 bridgehead atoms. The van der Waals surface area contributed by atoms with Crippen molar-refractivity contribution in [2.75, 3.05) is 6.61 Å². The quantitative estimate of drug-likeness (QED) is 0.339. The third-order valence-corrected chi connectivity index (χ3v) is 5.66. The highest BCUT2D eigenvalue weighted by Gasteiger charge is 2.36. The van der Waals surface area contributed by atoms with Crippen LogP contribution in [0.3, 0.4) is 0 Å². The molecule has 2 amide bonds. The second kappa shape index (κ2) is 8.40. The van der Waals surface area contributed by atoms with Crippen LogP contribution in [0.2, 0.25) is 0 Å². The number of esters is 1. The maximum Gasteiger partial charge on any atom is 0.338 e. The van der Waals surface area contributed by atoms with E-state index in [9.17, 15) is 19.2 Å². The third kappa shape index (κ3) is 3.45. The van der Waals surface area contributed by atoms with Crippen molar-refractivity contribution in [2.24, 2.45) is 0 Å². The molecule has 34 heavy (non-hydrogen) atoms. The Bertz CT molecular complexity index is 1490. The smallest absolute Gasteiger partial charge is 0.338 e. The predicted octanol–water partition coefficient (Wildman–Crippen LogP) is 3.36. The first-order valence-corrected chi connectivity index (χ1v) is 10.7. The van der Waals surface area contributed by atoms with Crippen molar-refractivity contribution in [3.8, 4) is 5.69 Å². The molecule has 2 heterocycles. The molecule has 0 saturated carbocycles. The summed E-state index contributed by atoms with van der Waals surface area (Å²) < 4.78 is 6.38. The number of imide groups is 1. The number of carbonyl (C=O) groups excluding carboxylic acids is 3. The summed E-state index contributed by atoms with van der Waals surface area (Å²) in [5.41, 5.74) is 1.54. The first-order chi connectivity index (χ1) is 16.5. The lowest BCUT2D eigenvalue weighted by Gasteiger charge is -2.18. The number of nitrogens with zero attached hydrogens (tertiary/aromatic N) is 3. The number of rotatable bonds is 5. The molecule has 0 atom stereocenters. The minimum atomic E-state index is -0.468. The van der Waals surface area contributed by atoms with Gasteiger partial charge in [0.05, 0.1) is 46.4 Å². The van der Waals surface area contributed by atoms with E-state index < -0.39 is 17.8 Å². The predicted molar refractivity (Wildman–Crippen MR) is 124 cm³/mol. The number of benzene rings is 3. The molecule has 3 aromatic carbocycles. The molecule has 0 fully saturated rings. The fourth-order valence-corrected chi connectivity index (χ4v) is 4.04. The molecule has 0 spiro atoms. The summed E-state index contributed by atoms with van der Waals surface area (Å²) in [7, 11) is 0. The Balaban J connectivity index is 1.62. The second-order valence-electron chi connectivity index (χ2n) is 7.70. The van der Waals surface area contributed by atoms with E-state index in [-0.39, 0.29) is 24.5 Å². The van der Waals surface area contributed by atoms with Crippen LogP contribution in [0.5, 0.6) is 0 Å². The normalized spacial score (nSPS) is 12.8. The molecular formula is C26H19N3O5. The van der Waals surface area contributed by atoms with Crippen LogP contribution in [0.4, 0.5) is 0 Å². The molecule has 1 aliphatic heterocycles. The molecule has 5 rings (SSSR count). The molecule has 4 aromatic rings. The van der Waals surface area contributed by atoms with E-state index in [1.54, 1.807) is 79.7 Å². The number of hydrogen-bond donors (Lipinski definition) is 0. The van der Waals surface area contributed by atoms with E-state index in [1.807, 2.05) is 0 Å². The van der Waals surface area contributed by atoms with E-state index in [4.69, 9.17) is 4.74 Å². The first kappa shape index (κ1) is 21.3. The van der Waals surface area contributed by atoms with Crippen LogP contribution in [0.1, 0.15) is 43.8 Å². The summed E-state index contributed by atoms with van der Waals surface area (Å²) in [6.45, 7) is 1.78. The maximum absolute atomic E-state index is 13.5. The van der Waals surface area contributed by atoms with Crippen LogP contribution >= 0.6 is 0 Å². The van der Waals surface area contributed by atoms with E-state index in [2.05, 4.69) is 4.98 Å². The zero-order chi connectivity index (χ0) is 23.8. The van der Waals surface area contributed by atoms with Crippen LogP contribution < -0.4 is 5.56 Å². The van der Waals surface area contributed by atoms with Gasteiger partial charge in [-0.15, -0.1) is 0 Å². The monoisotopic (exact) mass is 453 g/mol. The van der Waals surface area contributed by atoms with Gasteiger partial charge in [-0.1, -0.05) is 24.3 Å². The van der Waals surface area contributed by atoms with Gasteiger partial charge in [0.15, 0.2) is 0 Å². The summed E-state index contributed by atoms with van der Waals surface area (Å²) in [5, 5.41) is 0.392. The Labute approximate surface area is 194 Å². The van der Waals surface area contributed by atoms with Gasteiger partial charge in [0.2, 0.25) is 0 Å². The molecular weight excluding hydrogens is 434 g/mol. The van der Waals surface area contributed by atoms with Gasteiger partial charge in [-0.3, -0.25) is 23.9 Å². The van der Waals surface area contributed by atoms with Crippen LogP contribution in [-0.4, -0.2) is 38.8 Å². The molecule has 0 saturated heterocycles. The minimum absolute atomic E-state index is 0.188. The van der Waals surface area contributed by atoms with Gasteiger partial charge in [0.25, 0.3) is 17.4 Å². The van der Waals surface area contributed by atoms with Crippen molar-refractivity contribution >= 4 is 28.7 Å². The van der Waals surface area contributed by atoms with Gasteiger partial charge >= 0.3 is 5.97 Å². The van der Waals surface area contributed by atoms with Crippen molar-refractivity contribution in [1.82, 2.24) is 14.5 Å². The van der Waals surface area contributed by atoms with Crippen LogP contribution in [-0.2, 0) is 11.3 Å². The van der Waals surface area contributed by atoms with E-state index in [1.165, 1.54) is 4.57 Å². The Kier molecular flexibility index (Phi) is 5.25. The zero-order valence-electron chi connectivity index (χ0n) is 18.2. The van der Waals surface area contributed by atoms with Crippen molar-refractivity contribution in [2.45, 2.75) is 13.5 Å². The number of fused-ring (bicyclic) bond motifs is 2. The average molecular weight is 453 g/mol. The standard InChI is InChI=1S/C26H19N3O5/c1-2-34-26(33)16-11-13-17(14-12-16)29-22(27-21-10-6-5-9-20(21)25(29)32)15-28-23(30)18-7-3-4-8-19(18)24(28)31/h3-14H,2,15H2,1H3. The van der Waals surface area contributed by atoms with Crippen LogP contribution in [0.25, 0.3) is 16.6 Å². The zero-order valence-corrected chi connectivity index (χ0v) is 18.2. The molecule has 8 nitrogen and oxygen atoms in total. The molecule has 8 heteroatoms. The molecule has 0 radical (unpaired) electrons. The average Bonchev–Trinajstić information content (AvgIpc) is 3.10. The van der Waals surface area contributed by atoms with Crippen molar-refractivity contribution < 1.29 is 19.1 Å². The lowest BCUT2D eigenvalue weighted by Crippen LogP contribution is -2.33. The SMILES string of the molecule is CCOC(=O)c1ccc(-n2c(CN3C(=O)c4ccccc4C3=O)nc3ccccc3c2=O)cc1. The number of ether oxygens (including phenoxy) is 1. The number of aromatic nitrogens is 2. The number of amides is 2. The Hall–Kier alpha value is -4.59. The highest BCUT2D eigenvalue weighted by atomic mass is 16.5. The van der Waals surface area contributed by atoms with Crippen LogP contribution in [0.15, 0.2) is 77.6 Å². The van der Waals surface area contributed by atoms with Crippen molar-refractivity contribution in [3.05, 3.63) is 106 Å². The molecule has 168 valence electrons. The third-order valence-electron chi connectivity index (χ3n) is 5.66. The highest BCUT2D eigenvalue weighted by molar-refractivity contribution is 6.21. The topological polar surface area (TPSA) is 98.6 Å². The number of carbonyl (C=O) groups is 3. The fraction of sp³-hybridized carbons (Fsp3) is 0.115. The number of hydrogen-bond acceptors (Lipinski definition) is 6.